The van der Waals surface area contributed by atoms with E-state index in [4.69, 9.17) is 5.11 Å². The van der Waals surface area contributed by atoms with Crippen LogP contribution in [-0.2, 0) is 14.6 Å². The van der Waals surface area contributed by atoms with Gasteiger partial charge in [0.15, 0.2) is 9.84 Å². The van der Waals surface area contributed by atoms with Gasteiger partial charge in [-0.2, -0.15) is 0 Å². The number of rotatable bonds is 5. The van der Waals surface area contributed by atoms with Crippen molar-refractivity contribution in [1.82, 2.24) is 14.9 Å². The second-order valence-corrected chi connectivity index (χ2v) is 7.55. The molecule has 116 valence electrons. The van der Waals surface area contributed by atoms with Gasteiger partial charge in [-0.25, -0.2) is 8.42 Å². The Balaban J connectivity index is 2.28. The molecular weight excluding hydrogens is 294 g/mol. The van der Waals surface area contributed by atoms with Crippen LogP contribution in [0.15, 0.2) is 12.4 Å². The van der Waals surface area contributed by atoms with E-state index in [2.05, 4.69) is 9.97 Å². The Labute approximate surface area is 123 Å². The highest BCUT2D eigenvalue weighted by atomic mass is 32.2. The molecular formula is C13H19N3O4S. The quantitative estimate of drug-likeness (QED) is 0.840. The summed E-state index contributed by atoms with van der Waals surface area (Å²) >= 11 is 0. The molecule has 2 atom stereocenters. The number of aliphatic carboxylic acids is 1. The number of hydrogen-bond donors (Lipinski definition) is 1. The fourth-order valence-electron chi connectivity index (χ4n) is 2.76. The number of aromatic nitrogens is 2. The molecule has 2 unspecified atom stereocenters. The van der Waals surface area contributed by atoms with Crippen molar-refractivity contribution in [3.63, 3.8) is 0 Å². The molecule has 1 N–H and O–H groups in total. The number of sulfone groups is 1. The Bertz CT molecular complexity index is 632. The summed E-state index contributed by atoms with van der Waals surface area (Å²) in [4.78, 5) is 21.2. The Kier molecular flexibility index (Phi) is 4.58. The van der Waals surface area contributed by atoms with Crippen molar-refractivity contribution in [2.45, 2.75) is 32.4 Å². The van der Waals surface area contributed by atoms with Gasteiger partial charge in [-0.3, -0.25) is 19.7 Å². The number of carboxylic acids is 1. The SMILES string of the molecule is Cc1nccnc1C(C)N(CC(=O)O)C1CCS(=O)(=O)C1. The summed E-state index contributed by atoms with van der Waals surface area (Å²) in [5.41, 5.74) is 1.41. The van der Waals surface area contributed by atoms with Crippen LogP contribution in [0.25, 0.3) is 0 Å². The van der Waals surface area contributed by atoms with E-state index in [1.165, 1.54) is 0 Å². The van der Waals surface area contributed by atoms with E-state index >= 15 is 0 Å². The molecule has 1 aliphatic rings. The van der Waals surface area contributed by atoms with Crippen LogP contribution < -0.4 is 0 Å². The van der Waals surface area contributed by atoms with E-state index in [0.29, 0.717) is 12.1 Å². The summed E-state index contributed by atoms with van der Waals surface area (Å²) in [7, 11) is -3.07. The molecule has 0 aliphatic carbocycles. The Hall–Kier alpha value is -1.54. The number of carbonyl (C=O) groups is 1. The summed E-state index contributed by atoms with van der Waals surface area (Å²) in [5.74, 6) is -0.864. The molecule has 0 spiro atoms. The number of aryl methyl sites for hydroxylation is 1. The monoisotopic (exact) mass is 313 g/mol. The molecule has 1 fully saturated rings. The van der Waals surface area contributed by atoms with Crippen LogP contribution in [0.1, 0.15) is 30.8 Å². The average molecular weight is 313 g/mol. The Morgan fingerprint density at radius 3 is 2.67 bits per heavy atom. The largest absolute Gasteiger partial charge is 0.480 e. The van der Waals surface area contributed by atoms with Crippen molar-refractivity contribution in [1.29, 1.82) is 0 Å². The molecule has 0 aromatic carbocycles. The minimum atomic E-state index is -3.07. The van der Waals surface area contributed by atoms with E-state index < -0.39 is 15.8 Å². The first kappa shape index (κ1) is 15.8. The molecule has 2 rings (SSSR count). The van der Waals surface area contributed by atoms with Gasteiger partial charge in [0.2, 0.25) is 0 Å². The maximum atomic E-state index is 11.7. The predicted molar refractivity (Wildman–Crippen MR) is 76.6 cm³/mol. The second-order valence-electron chi connectivity index (χ2n) is 5.33. The van der Waals surface area contributed by atoms with Crippen LogP contribution in [0.3, 0.4) is 0 Å². The fraction of sp³-hybridized carbons (Fsp3) is 0.615. The molecule has 1 aromatic heterocycles. The maximum absolute atomic E-state index is 11.7. The predicted octanol–water partition coefficient (Wildman–Crippen LogP) is 0.420. The van der Waals surface area contributed by atoms with Gasteiger partial charge in [0.05, 0.1) is 35.5 Å². The van der Waals surface area contributed by atoms with E-state index in [0.717, 1.165) is 5.69 Å². The lowest BCUT2D eigenvalue weighted by atomic mass is 10.1. The topological polar surface area (TPSA) is 100 Å². The summed E-state index contributed by atoms with van der Waals surface area (Å²) in [6.45, 7) is 3.44. The zero-order chi connectivity index (χ0) is 15.6. The number of nitrogens with zero attached hydrogens (tertiary/aromatic N) is 3. The highest BCUT2D eigenvalue weighted by Gasteiger charge is 2.36. The van der Waals surface area contributed by atoms with Gasteiger partial charge < -0.3 is 5.11 Å². The summed E-state index contributed by atoms with van der Waals surface area (Å²) < 4.78 is 23.3. The van der Waals surface area contributed by atoms with Crippen molar-refractivity contribution in [2.75, 3.05) is 18.1 Å². The zero-order valence-electron chi connectivity index (χ0n) is 12.1. The maximum Gasteiger partial charge on any atom is 0.317 e. The molecule has 0 amide bonds. The first-order valence-corrected chi connectivity index (χ1v) is 8.58. The van der Waals surface area contributed by atoms with Gasteiger partial charge in [0.25, 0.3) is 0 Å². The second kappa shape index (κ2) is 6.07. The smallest absolute Gasteiger partial charge is 0.317 e. The van der Waals surface area contributed by atoms with Crippen LogP contribution in [0.2, 0.25) is 0 Å². The van der Waals surface area contributed by atoms with Crippen molar-refractivity contribution < 1.29 is 18.3 Å². The van der Waals surface area contributed by atoms with Crippen molar-refractivity contribution in [2.24, 2.45) is 0 Å². The summed E-state index contributed by atoms with van der Waals surface area (Å²) in [6, 6.07) is -0.587. The highest BCUT2D eigenvalue weighted by molar-refractivity contribution is 7.91. The van der Waals surface area contributed by atoms with Gasteiger partial charge in [0.1, 0.15) is 0 Å². The van der Waals surface area contributed by atoms with E-state index in [1.807, 2.05) is 13.8 Å². The van der Waals surface area contributed by atoms with Crippen LogP contribution in [-0.4, -0.2) is 58.5 Å². The van der Waals surface area contributed by atoms with Crippen LogP contribution >= 0.6 is 0 Å². The van der Waals surface area contributed by atoms with Crippen molar-refractivity contribution in [3.05, 3.63) is 23.8 Å². The lowest BCUT2D eigenvalue weighted by Gasteiger charge is -2.32. The summed E-state index contributed by atoms with van der Waals surface area (Å²) in [6.07, 6.45) is 3.59. The Morgan fingerprint density at radius 2 is 2.14 bits per heavy atom. The van der Waals surface area contributed by atoms with E-state index in [1.54, 1.807) is 17.3 Å². The highest BCUT2D eigenvalue weighted by Crippen LogP contribution is 2.27. The standard InChI is InChI=1S/C13H19N3O4S/c1-9-13(15-5-4-14-9)10(2)16(7-12(17)18)11-3-6-21(19,20)8-11/h4-5,10-11H,3,6-8H2,1-2H3,(H,17,18). The molecule has 1 aliphatic heterocycles. The Morgan fingerprint density at radius 1 is 1.48 bits per heavy atom. The minimum Gasteiger partial charge on any atom is -0.480 e. The molecule has 8 heteroatoms. The number of hydrogen-bond acceptors (Lipinski definition) is 6. The van der Waals surface area contributed by atoms with E-state index in [9.17, 15) is 13.2 Å². The van der Waals surface area contributed by atoms with Crippen molar-refractivity contribution >= 4 is 15.8 Å². The van der Waals surface area contributed by atoms with Gasteiger partial charge in [-0.1, -0.05) is 0 Å². The molecule has 21 heavy (non-hydrogen) atoms. The van der Waals surface area contributed by atoms with Crippen molar-refractivity contribution in [3.8, 4) is 0 Å². The molecule has 2 heterocycles. The molecule has 1 aromatic rings. The first-order valence-electron chi connectivity index (χ1n) is 6.75. The number of carboxylic acid groups (broad SMARTS) is 1. The fourth-order valence-corrected chi connectivity index (χ4v) is 4.50. The van der Waals surface area contributed by atoms with Gasteiger partial charge in [-0.05, 0) is 20.3 Å². The van der Waals surface area contributed by atoms with Crippen LogP contribution in [0, 0.1) is 6.92 Å². The minimum absolute atomic E-state index is 0.00390. The molecule has 7 nitrogen and oxygen atoms in total. The van der Waals surface area contributed by atoms with Crippen LogP contribution in [0.5, 0.6) is 0 Å². The third-order valence-electron chi connectivity index (χ3n) is 3.81. The molecule has 0 saturated carbocycles. The molecule has 0 radical (unpaired) electrons. The average Bonchev–Trinajstić information content (AvgIpc) is 2.76. The van der Waals surface area contributed by atoms with Gasteiger partial charge in [-0.15, -0.1) is 0 Å². The normalized spacial score (nSPS) is 22.3. The van der Waals surface area contributed by atoms with E-state index in [-0.39, 0.29) is 30.1 Å². The molecule has 0 bridgehead atoms. The van der Waals surface area contributed by atoms with Gasteiger partial charge in [0, 0.05) is 18.4 Å². The van der Waals surface area contributed by atoms with Gasteiger partial charge >= 0.3 is 5.97 Å². The lowest BCUT2D eigenvalue weighted by molar-refractivity contribution is -0.139. The zero-order valence-corrected chi connectivity index (χ0v) is 12.9. The third-order valence-corrected chi connectivity index (χ3v) is 5.56. The lowest BCUT2D eigenvalue weighted by Crippen LogP contribution is -2.42. The summed E-state index contributed by atoms with van der Waals surface area (Å²) in [5, 5.41) is 9.11. The van der Waals surface area contributed by atoms with Crippen LogP contribution in [0.4, 0.5) is 0 Å². The third kappa shape index (κ3) is 3.76. The molecule has 1 saturated heterocycles. The first-order chi connectivity index (χ1) is 9.80.